The van der Waals surface area contributed by atoms with Gasteiger partial charge in [-0.1, -0.05) is 37.6 Å². The van der Waals surface area contributed by atoms with E-state index in [1.54, 1.807) is 41.3 Å². The number of benzene rings is 2. The van der Waals surface area contributed by atoms with E-state index in [1.165, 1.54) is 4.31 Å². The highest BCUT2D eigenvalue weighted by Gasteiger charge is 2.30. The number of amides is 2. The quantitative estimate of drug-likeness (QED) is 0.663. The lowest BCUT2D eigenvalue weighted by Gasteiger charge is -2.34. The average Bonchev–Trinajstić information content (AvgIpc) is 2.79. The summed E-state index contributed by atoms with van der Waals surface area (Å²) in [5.41, 5.74) is 1.56. The van der Waals surface area contributed by atoms with E-state index in [9.17, 15) is 18.0 Å². The fraction of sp³-hybridized carbons (Fsp3) is 0.391. The number of carbonyl (C=O) groups excluding carboxylic acids is 2. The number of carbonyl (C=O) groups is 2. The molecular weight excluding hydrogens is 450 g/mol. The van der Waals surface area contributed by atoms with Crippen LogP contribution in [-0.4, -0.2) is 62.2 Å². The maximum atomic E-state index is 12.9. The fourth-order valence-electron chi connectivity index (χ4n) is 3.50. The number of hydrogen-bond acceptors (Lipinski definition) is 4. The highest BCUT2D eigenvalue weighted by atomic mass is 35.5. The molecule has 9 heteroatoms. The molecule has 2 aromatic rings. The molecule has 0 atom stereocenters. The monoisotopic (exact) mass is 477 g/mol. The maximum absolute atomic E-state index is 12.9. The fourth-order valence-corrected chi connectivity index (χ4v) is 5.04. The number of nitrogens with one attached hydrogen (secondary N) is 1. The molecule has 2 amide bonds. The van der Waals surface area contributed by atoms with Gasteiger partial charge in [-0.05, 0) is 47.9 Å². The second kappa shape index (κ2) is 10.5. The van der Waals surface area contributed by atoms with Crippen molar-refractivity contribution in [3.05, 3.63) is 64.7 Å². The summed E-state index contributed by atoms with van der Waals surface area (Å²) in [7, 11) is -3.59. The molecule has 0 saturated carbocycles. The first-order valence-electron chi connectivity index (χ1n) is 10.6. The van der Waals surface area contributed by atoms with Crippen molar-refractivity contribution in [3.8, 4) is 0 Å². The van der Waals surface area contributed by atoms with Gasteiger partial charge < -0.3 is 10.2 Å². The second-order valence-corrected chi connectivity index (χ2v) is 10.4. The number of hydrogen-bond donors (Lipinski definition) is 1. The van der Waals surface area contributed by atoms with Crippen LogP contribution < -0.4 is 5.32 Å². The molecule has 1 aliphatic rings. The van der Waals surface area contributed by atoms with Crippen LogP contribution in [0.3, 0.4) is 0 Å². The molecule has 32 heavy (non-hydrogen) atoms. The van der Waals surface area contributed by atoms with Gasteiger partial charge in [0.1, 0.15) is 0 Å². The Morgan fingerprint density at radius 2 is 1.56 bits per heavy atom. The highest BCUT2D eigenvalue weighted by Crippen LogP contribution is 2.21. The molecule has 0 spiro atoms. The van der Waals surface area contributed by atoms with Gasteiger partial charge in [0.2, 0.25) is 15.9 Å². The summed E-state index contributed by atoms with van der Waals surface area (Å²) in [4.78, 5) is 26.5. The molecule has 7 nitrogen and oxygen atoms in total. The van der Waals surface area contributed by atoms with Crippen molar-refractivity contribution in [3.63, 3.8) is 0 Å². The van der Waals surface area contributed by atoms with E-state index in [4.69, 9.17) is 11.6 Å². The molecule has 1 fully saturated rings. The first kappa shape index (κ1) is 24.2. The summed E-state index contributed by atoms with van der Waals surface area (Å²) < 4.78 is 27.2. The van der Waals surface area contributed by atoms with E-state index in [0.717, 1.165) is 5.56 Å². The van der Waals surface area contributed by atoms with E-state index in [0.29, 0.717) is 29.6 Å². The molecular formula is C23H28ClN3O4S. The van der Waals surface area contributed by atoms with Crippen LogP contribution in [0.2, 0.25) is 5.02 Å². The molecule has 1 aliphatic heterocycles. The van der Waals surface area contributed by atoms with Crippen LogP contribution in [0.25, 0.3) is 0 Å². The first-order valence-corrected chi connectivity index (χ1v) is 12.4. The summed E-state index contributed by atoms with van der Waals surface area (Å²) in [5, 5.41) is 3.27. The number of sulfonamides is 1. The van der Waals surface area contributed by atoms with Gasteiger partial charge >= 0.3 is 0 Å². The predicted molar refractivity (Wildman–Crippen MR) is 124 cm³/mol. The maximum Gasteiger partial charge on any atom is 0.251 e. The predicted octanol–water partition coefficient (Wildman–Crippen LogP) is 3.12. The van der Waals surface area contributed by atoms with Gasteiger partial charge in [-0.2, -0.15) is 4.31 Å². The molecule has 0 bridgehead atoms. The van der Waals surface area contributed by atoms with Crippen LogP contribution in [0.5, 0.6) is 0 Å². The van der Waals surface area contributed by atoms with Crippen molar-refractivity contribution >= 4 is 33.4 Å². The number of halogens is 1. The first-order chi connectivity index (χ1) is 15.2. The second-order valence-electron chi connectivity index (χ2n) is 8.02. The molecule has 2 aromatic carbocycles. The van der Waals surface area contributed by atoms with Crippen molar-refractivity contribution in [2.24, 2.45) is 0 Å². The van der Waals surface area contributed by atoms with Crippen LogP contribution >= 0.6 is 11.6 Å². The number of nitrogens with zero attached hydrogens (tertiary/aromatic N) is 2. The summed E-state index contributed by atoms with van der Waals surface area (Å²) >= 11 is 5.82. The van der Waals surface area contributed by atoms with Crippen LogP contribution in [0, 0.1) is 0 Å². The van der Waals surface area contributed by atoms with Crippen molar-refractivity contribution < 1.29 is 18.0 Å². The topological polar surface area (TPSA) is 86.8 Å². The van der Waals surface area contributed by atoms with Gasteiger partial charge in [-0.15, -0.1) is 0 Å². The van der Waals surface area contributed by atoms with E-state index in [-0.39, 0.29) is 42.8 Å². The Labute approximate surface area is 194 Å². The van der Waals surface area contributed by atoms with Gasteiger partial charge in [0.05, 0.1) is 4.90 Å². The van der Waals surface area contributed by atoms with Crippen molar-refractivity contribution in [1.82, 2.24) is 14.5 Å². The molecule has 1 saturated heterocycles. The van der Waals surface area contributed by atoms with E-state index in [2.05, 4.69) is 19.2 Å². The Hall–Kier alpha value is -2.42. The third kappa shape index (κ3) is 5.88. The van der Waals surface area contributed by atoms with Gasteiger partial charge in [-0.3, -0.25) is 9.59 Å². The summed E-state index contributed by atoms with van der Waals surface area (Å²) in [5.74, 6) is -0.0501. The van der Waals surface area contributed by atoms with E-state index < -0.39 is 10.0 Å². The smallest absolute Gasteiger partial charge is 0.251 e. The minimum atomic E-state index is -3.59. The molecule has 0 radical (unpaired) electrons. The van der Waals surface area contributed by atoms with Crippen LogP contribution in [0.15, 0.2) is 53.4 Å². The van der Waals surface area contributed by atoms with E-state index in [1.807, 2.05) is 12.1 Å². The summed E-state index contributed by atoms with van der Waals surface area (Å²) in [6.45, 7) is 5.47. The zero-order valence-electron chi connectivity index (χ0n) is 18.3. The van der Waals surface area contributed by atoms with Crippen LogP contribution in [-0.2, 0) is 14.8 Å². The number of piperazine rings is 1. The summed E-state index contributed by atoms with van der Waals surface area (Å²) in [6.07, 6.45) is 0.156. The Bertz CT molecular complexity index is 1050. The molecule has 0 aromatic heterocycles. The lowest BCUT2D eigenvalue weighted by atomic mass is 10.0. The Balaban J connectivity index is 1.47. The third-order valence-corrected chi connectivity index (χ3v) is 7.67. The normalized spacial score (nSPS) is 15.1. The standard InChI is InChI=1S/C23H28ClN3O4S/c1-17(2)18-5-9-21(10-6-18)32(30,31)27-15-13-26(14-16-27)22(28)11-12-25-23(29)19-3-7-20(24)8-4-19/h3-10,17H,11-16H2,1-2H3,(H,25,29). The molecule has 172 valence electrons. The van der Waals surface area contributed by atoms with Crippen molar-refractivity contribution in [2.45, 2.75) is 31.1 Å². The largest absolute Gasteiger partial charge is 0.352 e. The molecule has 1 heterocycles. The van der Waals surface area contributed by atoms with Gasteiger partial charge in [0.15, 0.2) is 0 Å². The minimum absolute atomic E-state index is 0.111. The van der Waals surface area contributed by atoms with Gasteiger partial charge in [0.25, 0.3) is 5.91 Å². The molecule has 0 aliphatic carbocycles. The van der Waals surface area contributed by atoms with Gasteiger partial charge in [0, 0.05) is 49.7 Å². The van der Waals surface area contributed by atoms with Crippen molar-refractivity contribution in [2.75, 3.05) is 32.7 Å². The third-order valence-electron chi connectivity index (χ3n) is 5.51. The average molecular weight is 478 g/mol. The van der Waals surface area contributed by atoms with Gasteiger partial charge in [-0.25, -0.2) is 8.42 Å². The Morgan fingerprint density at radius 1 is 0.969 bits per heavy atom. The summed E-state index contributed by atoms with van der Waals surface area (Å²) in [6, 6.07) is 13.5. The highest BCUT2D eigenvalue weighted by molar-refractivity contribution is 7.89. The lowest BCUT2D eigenvalue weighted by Crippen LogP contribution is -2.50. The number of rotatable bonds is 7. The van der Waals surface area contributed by atoms with E-state index >= 15 is 0 Å². The SMILES string of the molecule is CC(C)c1ccc(S(=O)(=O)N2CCN(C(=O)CCNC(=O)c3ccc(Cl)cc3)CC2)cc1. The molecule has 1 N–H and O–H groups in total. The molecule has 0 unspecified atom stereocenters. The minimum Gasteiger partial charge on any atom is -0.352 e. The van der Waals surface area contributed by atoms with Crippen LogP contribution in [0.1, 0.15) is 42.1 Å². The Kier molecular flexibility index (Phi) is 7.92. The van der Waals surface area contributed by atoms with Crippen molar-refractivity contribution in [1.29, 1.82) is 0 Å². The lowest BCUT2D eigenvalue weighted by molar-refractivity contribution is -0.132. The zero-order chi connectivity index (χ0) is 23.3. The molecule has 3 rings (SSSR count). The Morgan fingerprint density at radius 3 is 2.12 bits per heavy atom. The van der Waals surface area contributed by atoms with Crippen LogP contribution in [0.4, 0.5) is 0 Å². The zero-order valence-corrected chi connectivity index (χ0v) is 19.8.